The first-order valence-corrected chi connectivity index (χ1v) is 4.85. The number of carbonyl (C=O) groups excluding carboxylic acids is 1. The van der Waals surface area contributed by atoms with Gasteiger partial charge in [-0.1, -0.05) is 11.6 Å². The Balaban J connectivity index is 0.00000225. The molecule has 0 spiro atoms. The fourth-order valence-electron chi connectivity index (χ4n) is 1.08. The van der Waals surface area contributed by atoms with Crippen LogP contribution in [0.1, 0.15) is 12.5 Å². The zero-order valence-corrected chi connectivity index (χ0v) is 10.5. The summed E-state index contributed by atoms with van der Waals surface area (Å²) < 4.78 is 0. The molecule has 0 radical (unpaired) electrons. The van der Waals surface area contributed by atoms with Crippen molar-refractivity contribution in [2.24, 2.45) is 5.73 Å². The first-order chi connectivity index (χ1) is 6.91. The molecule has 0 heterocycles. The van der Waals surface area contributed by atoms with Gasteiger partial charge in [-0.3, -0.25) is 4.79 Å². The molecule has 90 valence electrons. The van der Waals surface area contributed by atoms with E-state index in [1.807, 2.05) is 0 Å². The molecular weight excluding hydrogens is 251 g/mol. The molecule has 0 saturated carbocycles. The molecule has 1 aromatic carbocycles. The normalized spacial score (nSPS) is 11.5. The maximum atomic E-state index is 11.3. The second kappa shape index (κ2) is 5.94. The number of nitrogens with two attached hydrogens (primary N) is 1. The van der Waals surface area contributed by atoms with Gasteiger partial charge in [0.1, 0.15) is 5.75 Å². The Kier molecular flexibility index (Phi) is 5.58. The van der Waals surface area contributed by atoms with E-state index in [0.717, 1.165) is 0 Å². The molecule has 0 fully saturated rings. The van der Waals surface area contributed by atoms with Crippen molar-refractivity contribution < 1.29 is 9.90 Å². The van der Waals surface area contributed by atoms with Gasteiger partial charge in [-0.05, 0) is 31.5 Å². The zero-order valence-electron chi connectivity index (χ0n) is 8.95. The summed E-state index contributed by atoms with van der Waals surface area (Å²) >= 11 is 5.79. The van der Waals surface area contributed by atoms with E-state index in [4.69, 9.17) is 17.3 Å². The van der Waals surface area contributed by atoms with E-state index in [9.17, 15) is 9.90 Å². The van der Waals surface area contributed by atoms with Crippen molar-refractivity contribution in [2.75, 3.05) is 5.32 Å². The Morgan fingerprint density at radius 3 is 2.62 bits per heavy atom. The van der Waals surface area contributed by atoms with Gasteiger partial charge in [0.25, 0.3) is 0 Å². The van der Waals surface area contributed by atoms with Gasteiger partial charge in [-0.25, -0.2) is 0 Å². The van der Waals surface area contributed by atoms with Crippen molar-refractivity contribution in [3.8, 4) is 5.75 Å². The van der Waals surface area contributed by atoms with Crippen LogP contribution in [0.4, 0.5) is 5.69 Å². The summed E-state index contributed by atoms with van der Waals surface area (Å²) in [6.45, 7) is 3.26. The smallest absolute Gasteiger partial charge is 0.241 e. The lowest BCUT2D eigenvalue weighted by molar-refractivity contribution is -0.117. The first kappa shape index (κ1) is 15.0. The van der Waals surface area contributed by atoms with Crippen molar-refractivity contribution in [2.45, 2.75) is 19.9 Å². The first-order valence-electron chi connectivity index (χ1n) is 4.47. The molecule has 0 aliphatic carbocycles. The largest absolute Gasteiger partial charge is 0.505 e. The van der Waals surface area contributed by atoms with E-state index in [2.05, 4.69) is 5.32 Å². The Bertz CT molecular complexity index is 395. The Morgan fingerprint density at radius 2 is 2.12 bits per heavy atom. The van der Waals surface area contributed by atoms with E-state index in [0.29, 0.717) is 10.6 Å². The summed E-state index contributed by atoms with van der Waals surface area (Å²) in [5.41, 5.74) is 6.26. The number of benzene rings is 1. The highest BCUT2D eigenvalue weighted by Crippen LogP contribution is 2.30. The van der Waals surface area contributed by atoms with Crippen LogP contribution in [0, 0.1) is 6.92 Å². The molecule has 0 bridgehead atoms. The number of aryl methyl sites for hydroxylation is 1. The highest BCUT2D eigenvalue weighted by molar-refractivity contribution is 6.31. The molecule has 0 aromatic heterocycles. The van der Waals surface area contributed by atoms with E-state index in [1.165, 1.54) is 6.07 Å². The van der Waals surface area contributed by atoms with Gasteiger partial charge in [0.05, 0.1) is 11.7 Å². The highest BCUT2D eigenvalue weighted by Gasteiger charge is 2.12. The van der Waals surface area contributed by atoms with Crippen molar-refractivity contribution in [3.05, 3.63) is 22.7 Å². The predicted molar refractivity (Wildman–Crippen MR) is 67.4 cm³/mol. The van der Waals surface area contributed by atoms with Crippen LogP contribution < -0.4 is 11.1 Å². The number of anilines is 1. The number of hydrogen-bond acceptors (Lipinski definition) is 3. The third kappa shape index (κ3) is 3.56. The number of phenols is 1. The van der Waals surface area contributed by atoms with Crippen LogP contribution in [-0.4, -0.2) is 17.1 Å². The summed E-state index contributed by atoms with van der Waals surface area (Å²) in [7, 11) is 0. The molecule has 0 aliphatic rings. The van der Waals surface area contributed by atoms with Crippen LogP contribution in [0.5, 0.6) is 5.75 Å². The standard InChI is InChI=1S/C10H13ClN2O2.ClH/c1-5-3-7(11)4-8(9(5)14)13-10(15)6(2)12;/h3-4,6,14H,12H2,1-2H3,(H,13,15);1H. The highest BCUT2D eigenvalue weighted by atomic mass is 35.5. The minimum absolute atomic E-state index is 0. The van der Waals surface area contributed by atoms with Crippen molar-refractivity contribution >= 4 is 35.6 Å². The van der Waals surface area contributed by atoms with E-state index in [-0.39, 0.29) is 29.8 Å². The maximum absolute atomic E-state index is 11.3. The third-order valence-electron chi connectivity index (χ3n) is 1.94. The molecule has 1 rings (SSSR count). The average molecular weight is 265 g/mol. The van der Waals surface area contributed by atoms with Gasteiger partial charge >= 0.3 is 0 Å². The molecule has 1 amide bonds. The van der Waals surface area contributed by atoms with Crippen molar-refractivity contribution in [3.63, 3.8) is 0 Å². The zero-order chi connectivity index (χ0) is 11.6. The third-order valence-corrected chi connectivity index (χ3v) is 2.15. The van der Waals surface area contributed by atoms with Crippen molar-refractivity contribution in [1.29, 1.82) is 0 Å². The number of aromatic hydroxyl groups is 1. The molecule has 0 saturated heterocycles. The number of rotatable bonds is 2. The van der Waals surface area contributed by atoms with Gasteiger partial charge in [-0.15, -0.1) is 12.4 Å². The lowest BCUT2D eigenvalue weighted by Gasteiger charge is -2.11. The summed E-state index contributed by atoms with van der Waals surface area (Å²) in [5.74, 6) is -0.361. The molecular formula is C10H14Cl2N2O2. The summed E-state index contributed by atoms with van der Waals surface area (Å²) in [6, 6.07) is 2.45. The molecule has 6 heteroatoms. The monoisotopic (exact) mass is 264 g/mol. The Hall–Kier alpha value is -0.970. The molecule has 1 atom stereocenters. The Morgan fingerprint density at radius 1 is 1.56 bits per heavy atom. The van der Waals surface area contributed by atoms with Crippen LogP contribution in [0.15, 0.2) is 12.1 Å². The molecule has 16 heavy (non-hydrogen) atoms. The second-order valence-electron chi connectivity index (χ2n) is 3.40. The molecule has 1 unspecified atom stereocenters. The average Bonchev–Trinajstić information content (AvgIpc) is 2.13. The SMILES string of the molecule is Cc1cc(Cl)cc(NC(=O)C(C)N)c1O.Cl. The minimum Gasteiger partial charge on any atom is -0.505 e. The topological polar surface area (TPSA) is 75.4 Å². The summed E-state index contributed by atoms with van der Waals surface area (Å²) in [6.07, 6.45) is 0. The fraction of sp³-hybridized carbons (Fsp3) is 0.300. The van der Waals surface area contributed by atoms with Gasteiger partial charge in [0, 0.05) is 5.02 Å². The molecule has 4 nitrogen and oxygen atoms in total. The predicted octanol–water partition coefficient (Wildman–Crippen LogP) is 2.06. The van der Waals surface area contributed by atoms with Crippen LogP contribution in [0.3, 0.4) is 0 Å². The summed E-state index contributed by atoms with van der Waals surface area (Å²) in [5, 5.41) is 12.6. The lowest BCUT2D eigenvalue weighted by atomic mass is 10.2. The molecule has 4 N–H and O–H groups in total. The van der Waals surface area contributed by atoms with Gasteiger partial charge in [0.2, 0.25) is 5.91 Å². The lowest BCUT2D eigenvalue weighted by Crippen LogP contribution is -2.32. The molecule has 1 aromatic rings. The van der Waals surface area contributed by atoms with Gasteiger partial charge in [0.15, 0.2) is 0 Å². The fourth-order valence-corrected chi connectivity index (χ4v) is 1.35. The number of hydrogen-bond donors (Lipinski definition) is 3. The van der Waals surface area contributed by atoms with Gasteiger partial charge < -0.3 is 16.2 Å². The quantitative estimate of drug-likeness (QED) is 0.716. The van der Waals surface area contributed by atoms with Gasteiger partial charge in [-0.2, -0.15) is 0 Å². The maximum Gasteiger partial charge on any atom is 0.241 e. The molecule has 0 aliphatic heterocycles. The number of halogens is 2. The Labute approximate surface area is 105 Å². The van der Waals surface area contributed by atoms with Crippen LogP contribution in [0.25, 0.3) is 0 Å². The van der Waals surface area contributed by atoms with E-state index >= 15 is 0 Å². The minimum atomic E-state index is -0.635. The van der Waals surface area contributed by atoms with E-state index < -0.39 is 6.04 Å². The second-order valence-corrected chi connectivity index (χ2v) is 3.83. The van der Waals surface area contributed by atoms with Crippen LogP contribution >= 0.6 is 24.0 Å². The van der Waals surface area contributed by atoms with E-state index in [1.54, 1.807) is 19.9 Å². The number of phenolic OH excluding ortho intramolecular Hbond substituents is 1. The van der Waals surface area contributed by atoms with Crippen LogP contribution in [-0.2, 0) is 4.79 Å². The number of amides is 1. The number of carbonyl (C=O) groups is 1. The van der Waals surface area contributed by atoms with Crippen molar-refractivity contribution in [1.82, 2.24) is 0 Å². The summed E-state index contributed by atoms with van der Waals surface area (Å²) in [4.78, 5) is 11.3. The van der Waals surface area contributed by atoms with Crippen LogP contribution in [0.2, 0.25) is 5.02 Å². The number of nitrogens with one attached hydrogen (secondary N) is 1.